The Morgan fingerprint density at radius 1 is 1.29 bits per heavy atom. The molecule has 1 atom stereocenters. The standard InChI is InChI=1S/C18H27NO2/c1-4-6-7-15(5-2)14-19-18(20)13-10-16-8-11-17(21-3)12-9-16/h8-13,15H,4-7,14H2,1-3H3,(H,19,20)/b13-10+/t15-/m0/s1. The van der Waals surface area contributed by atoms with Gasteiger partial charge in [-0.25, -0.2) is 0 Å². The summed E-state index contributed by atoms with van der Waals surface area (Å²) in [4.78, 5) is 11.8. The van der Waals surface area contributed by atoms with Crippen molar-refractivity contribution in [2.75, 3.05) is 13.7 Å². The lowest BCUT2D eigenvalue weighted by Gasteiger charge is -2.14. The van der Waals surface area contributed by atoms with E-state index in [1.165, 1.54) is 19.3 Å². The maximum absolute atomic E-state index is 11.8. The molecule has 0 bridgehead atoms. The first kappa shape index (κ1) is 17.3. The second-order valence-electron chi connectivity index (χ2n) is 5.27. The van der Waals surface area contributed by atoms with Gasteiger partial charge in [0.25, 0.3) is 0 Å². The van der Waals surface area contributed by atoms with Gasteiger partial charge in [0, 0.05) is 12.6 Å². The van der Waals surface area contributed by atoms with Crippen LogP contribution in [0.2, 0.25) is 0 Å². The number of nitrogens with one attached hydrogen (secondary N) is 1. The highest BCUT2D eigenvalue weighted by Crippen LogP contribution is 2.13. The van der Waals surface area contributed by atoms with Crippen LogP contribution in [0.15, 0.2) is 30.3 Å². The lowest BCUT2D eigenvalue weighted by Crippen LogP contribution is -2.27. The van der Waals surface area contributed by atoms with Crippen molar-refractivity contribution in [1.82, 2.24) is 5.32 Å². The first-order valence-corrected chi connectivity index (χ1v) is 7.79. The Hall–Kier alpha value is -1.77. The van der Waals surface area contributed by atoms with Gasteiger partial charge < -0.3 is 10.1 Å². The van der Waals surface area contributed by atoms with Crippen molar-refractivity contribution in [3.8, 4) is 5.75 Å². The van der Waals surface area contributed by atoms with E-state index in [2.05, 4.69) is 19.2 Å². The smallest absolute Gasteiger partial charge is 0.244 e. The Kier molecular flexibility index (Phi) is 8.25. The van der Waals surface area contributed by atoms with Gasteiger partial charge in [0.05, 0.1) is 7.11 Å². The van der Waals surface area contributed by atoms with E-state index in [0.29, 0.717) is 5.92 Å². The molecule has 1 amide bonds. The van der Waals surface area contributed by atoms with Crippen LogP contribution < -0.4 is 10.1 Å². The lowest BCUT2D eigenvalue weighted by molar-refractivity contribution is -0.116. The van der Waals surface area contributed by atoms with Crippen LogP contribution in [0.25, 0.3) is 6.08 Å². The van der Waals surface area contributed by atoms with Crippen LogP contribution in [0.5, 0.6) is 5.75 Å². The molecule has 0 radical (unpaired) electrons. The maximum atomic E-state index is 11.8. The molecule has 0 aliphatic carbocycles. The molecular formula is C18H27NO2. The molecule has 0 fully saturated rings. The van der Waals surface area contributed by atoms with Crippen LogP contribution in [0.3, 0.4) is 0 Å². The molecule has 1 rings (SSSR count). The van der Waals surface area contributed by atoms with Gasteiger partial charge in [0.15, 0.2) is 0 Å². The third-order valence-corrected chi connectivity index (χ3v) is 3.65. The number of hydrogen-bond donors (Lipinski definition) is 1. The molecule has 0 aromatic heterocycles. The van der Waals surface area contributed by atoms with Gasteiger partial charge in [-0.05, 0) is 36.1 Å². The van der Waals surface area contributed by atoms with Crippen LogP contribution in [-0.4, -0.2) is 19.6 Å². The van der Waals surface area contributed by atoms with Gasteiger partial charge in [0.1, 0.15) is 5.75 Å². The SMILES string of the molecule is CCCC[C@H](CC)CNC(=O)/C=C/c1ccc(OC)cc1. The monoisotopic (exact) mass is 289 g/mol. The highest BCUT2D eigenvalue weighted by atomic mass is 16.5. The first-order valence-electron chi connectivity index (χ1n) is 7.79. The molecule has 0 saturated carbocycles. The van der Waals surface area contributed by atoms with Crippen LogP contribution in [0.4, 0.5) is 0 Å². The van der Waals surface area contributed by atoms with Crippen molar-refractivity contribution in [1.29, 1.82) is 0 Å². The van der Waals surface area contributed by atoms with Crippen molar-refractivity contribution in [2.45, 2.75) is 39.5 Å². The lowest BCUT2D eigenvalue weighted by atomic mass is 9.99. The van der Waals surface area contributed by atoms with E-state index in [0.717, 1.165) is 24.3 Å². The fourth-order valence-corrected chi connectivity index (χ4v) is 2.13. The number of hydrogen-bond acceptors (Lipinski definition) is 2. The Bertz CT molecular complexity index is 437. The highest BCUT2D eigenvalue weighted by molar-refractivity contribution is 5.91. The van der Waals surface area contributed by atoms with Gasteiger partial charge in [-0.15, -0.1) is 0 Å². The third-order valence-electron chi connectivity index (χ3n) is 3.65. The van der Waals surface area contributed by atoms with Gasteiger partial charge in [-0.3, -0.25) is 4.79 Å². The van der Waals surface area contributed by atoms with Gasteiger partial charge in [-0.2, -0.15) is 0 Å². The van der Waals surface area contributed by atoms with Crippen molar-refractivity contribution >= 4 is 12.0 Å². The number of carbonyl (C=O) groups is 1. The zero-order valence-electron chi connectivity index (χ0n) is 13.4. The molecule has 1 aromatic rings. The average Bonchev–Trinajstić information content (AvgIpc) is 2.53. The van der Waals surface area contributed by atoms with E-state index >= 15 is 0 Å². The van der Waals surface area contributed by atoms with Crippen LogP contribution in [-0.2, 0) is 4.79 Å². The van der Waals surface area contributed by atoms with Crippen LogP contribution in [0.1, 0.15) is 45.1 Å². The zero-order valence-corrected chi connectivity index (χ0v) is 13.4. The Balaban J connectivity index is 2.39. The normalized spacial score (nSPS) is 12.3. The Morgan fingerprint density at radius 3 is 2.57 bits per heavy atom. The summed E-state index contributed by atoms with van der Waals surface area (Å²) in [5.41, 5.74) is 0.990. The minimum atomic E-state index is -0.0271. The van der Waals surface area contributed by atoms with Crippen molar-refractivity contribution in [2.24, 2.45) is 5.92 Å². The second kappa shape index (κ2) is 10.0. The molecule has 0 aliphatic rings. The molecule has 116 valence electrons. The number of rotatable bonds is 9. The molecule has 3 heteroatoms. The summed E-state index contributed by atoms with van der Waals surface area (Å²) in [5, 5.41) is 2.98. The van der Waals surface area contributed by atoms with Crippen LogP contribution >= 0.6 is 0 Å². The molecule has 3 nitrogen and oxygen atoms in total. The Labute approximate surface area is 128 Å². The molecule has 1 aromatic carbocycles. The summed E-state index contributed by atoms with van der Waals surface area (Å²) < 4.78 is 5.10. The average molecular weight is 289 g/mol. The first-order chi connectivity index (χ1) is 10.2. The zero-order chi connectivity index (χ0) is 15.5. The van der Waals surface area contributed by atoms with Gasteiger partial charge >= 0.3 is 0 Å². The number of ether oxygens (including phenoxy) is 1. The van der Waals surface area contributed by atoms with Gasteiger partial charge in [-0.1, -0.05) is 45.2 Å². The van der Waals surface area contributed by atoms with Crippen molar-refractivity contribution in [3.05, 3.63) is 35.9 Å². The quantitative estimate of drug-likeness (QED) is 0.697. The molecule has 0 aliphatic heterocycles. The summed E-state index contributed by atoms with van der Waals surface area (Å²) in [6, 6.07) is 7.63. The number of unbranched alkanes of at least 4 members (excludes halogenated alkanes) is 1. The number of amides is 1. The fraction of sp³-hybridized carbons (Fsp3) is 0.500. The van der Waals surface area contributed by atoms with Gasteiger partial charge in [0.2, 0.25) is 5.91 Å². The molecule has 0 saturated heterocycles. The number of carbonyl (C=O) groups excluding carboxylic acids is 1. The van der Waals surface area contributed by atoms with Crippen LogP contribution in [0, 0.1) is 5.92 Å². The number of methoxy groups -OCH3 is 1. The summed E-state index contributed by atoms with van der Waals surface area (Å²) in [5.74, 6) is 1.38. The minimum absolute atomic E-state index is 0.0271. The van der Waals surface area contributed by atoms with Crippen molar-refractivity contribution in [3.63, 3.8) is 0 Å². The van der Waals surface area contributed by atoms with E-state index in [-0.39, 0.29) is 5.91 Å². The fourth-order valence-electron chi connectivity index (χ4n) is 2.13. The van der Waals surface area contributed by atoms with E-state index in [4.69, 9.17) is 4.74 Å². The molecule has 0 heterocycles. The van der Waals surface area contributed by atoms with E-state index in [9.17, 15) is 4.79 Å². The summed E-state index contributed by atoms with van der Waals surface area (Å²) >= 11 is 0. The summed E-state index contributed by atoms with van der Waals surface area (Å²) in [7, 11) is 1.64. The maximum Gasteiger partial charge on any atom is 0.244 e. The molecule has 0 unspecified atom stereocenters. The largest absolute Gasteiger partial charge is 0.497 e. The predicted octanol–water partition coefficient (Wildman–Crippen LogP) is 4.04. The molecule has 0 spiro atoms. The summed E-state index contributed by atoms with van der Waals surface area (Å²) in [6.45, 7) is 5.14. The van der Waals surface area contributed by atoms with E-state index in [1.807, 2.05) is 30.3 Å². The second-order valence-corrected chi connectivity index (χ2v) is 5.27. The minimum Gasteiger partial charge on any atom is -0.497 e. The summed E-state index contributed by atoms with van der Waals surface area (Å²) in [6.07, 6.45) is 8.16. The number of benzene rings is 1. The van der Waals surface area contributed by atoms with E-state index in [1.54, 1.807) is 13.2 Å². The molecular weight excluding hydrogens is 262 g/mol. The Morgan fingerprint density at radius 2 is 2.00 bits per heavy atom. The topological polar surface area (TPSA) is 38.3 Å². The van der Waals surface area contributed by atoms with E-state index < -0.39 is 0 Å². The highest BCUT2D eigenvalue weighted by Gasteiger charge is 2.06. The third kappa shape index (κ3) is 6.98. The predicted molar refractivity (Wildman–Crippen MR) is 88.3 cm³/mol. The van der Waals surface area contributed by atoms with Crippen molar-refractivity contribution < 1.29 is 9.53 Å². The molecule has 21 heavy (non-hydrogen) atoms. The molecule has 1 N–H and O–H groups in total.